The number of aromatic amines is 1. The number of aromatic nitrogens is 1. The number of carbonyl (C=O) groups is 3. The predicted molar refractivity (Wildman–Crippen MR) is 174 cm³/mol. The molecule has 238 valence electrons. The number of hydrogen-bond donors (Lipinski definition) is 1. The minimum absolute atomic E-state index is 0.118. The maximum Gasteiger partial charge on any atom is 0.410 e. The Morgan fingerprint density at radius 3 is 2.37 bits per heavy atom. The lowest BCUT2D eigenvalue weighted by Gasteiger charge is -2.41. The highest BCUT2D eigenvalue weighted by atomic mass is 35.5. The number of rotatable bonds is 6. The number of H-pyrrole nitrogens is 1. The van der Waals surface area contributed by atoms with Crippen molar-refractivity contribution in [2.24, 2.45) is 10.8 Å². The number of para-hydroxylation sites is 1. The summed E-state index contributed by atoms with van der Waals surface area (Å²) in [6.45, 7) is 6.34. The zero-order valence-electron chi connectivity index (χ0n) is 26.2. The molecule has 8 nitrogen and oxygen atoms in total. The van der Waals surface area contributed by atoms with Crippen LogP contribution in [-0.4, -0.2) is 52.7 Å². The summed E-state index contributed by atoms with van der Waals surface area (Å²) in [5.74, 6) is -1.24. The van der Waals surface area contributed by atoms with Gasteiger partial charge in [-0.1, -0.05) is 98.2 Å². The van der Waals surface area contributed by atoms with Crippen LogP contribution >= 0.6 is 11.6 Å². The molecule has 1 amide bonds. The van der Waals surface area contributed by atoms with Gasteiger partial charge in [0.1, 0.15) is 12.7 Å². The van der Waals surface area contributed by atoms with Crippen molar-refractivity contribution in [3.8, 4) is 11.3 Å². The van der Waals surface area contributed by atoms with Crippen molar-refractivity contribution in [3.63, 3.8) is 0 Å². The molecule has 1 aromatic heterocycles. The summed E-state index contributed by atoms with van der Waals surface area (Å²) in [4.78, 5) is 45.9. The fraction of sp³-hybridized carbons (Fsp3) is 0.378. The van der Waals surface area contributed by atoms with Crippen LogP contribution in [0, 0.1) is 10.8 Å². The largest absolute Gasteiger partial charge is 0.457 e. The van der Waals surface area contributed by atoms with E-state index >= 15 is 0 Å². The second-order valence-corrected chi connectivity index (χ2v) is 13.8. The molecule has 3 fully saturated rings. The van der Waals surface area contributed by atoms with E-state index in [1.807, 2.05) is 99.6 Å². The van der Waals surface area contributed by atoms with Crippen LogP contribution in [0.4, 0.5) is 4.79 Å². The number of nitrogens with one attached hydrogen (secondary N) is 1. The number of amides is 1. The van der Waals surface area contributed by atoms with Crippen molar-refractivity contribution < 1.29 is 28.6 Å². The van der Waals surface area contributed by atoms with E-state index in [4.69, 9.17) is 25.8 Å². The summed E-state index contributed by atoms with van der Waals surface area (Å²) < 4.78 is 18.0. The fourth-order valence-electron chi connectivity index (χ4n) is 7.70. The number of ether oxygens (including phenoxy) is 3. The summed E-state index contributed by atoms with van der Waals surface area (Å²) in [5, 5.41) is 1.51. The summed E-state index contributed by atoms with van der Waals surface area (Å²) in [7, 11) is 0. The van der Waals surface area contributed by atoms with Crippen molar-refractivity contribution in [2.45, 2.75) is 64.3 Å². The third-order valence-corrected chi connectivity index (χ3v) is 11.3. The molecule has 3 aromatic carbocycles. The molecule has 2 saturated heterocycles. The number of piperidine rings is 1. The van der Waals surface area contributed by atoms with Gasteiger partial charge in [0, 0.05) is 23.3 Å². The molecule has 0 spiro atoms. The molecule has 9 heteroatoms. The topological polar surface area (TPSA) is 97.9 Å². The van der Waals surface area contributed by atoms with Crippen molar-refractivity contribution in [3.05, 3.63) is 95.0 Å². The number of benzene rings is 3. The Morgan fingerprint density at radius 2 is 1.70 bits per heavy atom. The van der Waals surface area contributed by atoms with Gasteiger partial charge < -0.3 is 24.1 Å². The molecule has 0 radical (unpaired) electrons. The number of nitrogens with zero attached hydrogens (tertiary/aromatic N) is 1. The number of likely N-dealkylation sites (tertiary alicyclic amines) is 1. The molecule has 2 bridgehead atoms. The number of esters is 2. The molecule has 0 unspecified atom stereocenters. The van der Waals surface area contributed by atoms with E-state index < -0.39 is 34.6 Å². The normalized spacial score (nSPS) is 26.6. The van der Waals surface area contributed by atoms with Gasteiger partial charge in [0.2, 0.25) is 5.60 Å². The van der Waals surface area contributed by atoms with Crippen LogP contribution in [-0.2, 0) is 30.4 Å². The van der Waals surface area contributed by atoms with Gasteiger partial charge in [0.25, 0.3) is 0 Å². The van der Waals surface area contributed by atoms with Crippen LogP contribution in [0.25, 0.3) is 22.2 Å². The molecule has 7 rings (SSSR count). The van der Waals surface area contributed by atoms with Crippen LogP contribution in [0.1, 0.15) is 57.1 Å². The van der Waals surface area contributed by atoms with Gasteiger partial charge in [-0.25, -0.2) is 9.59 Å². The lowest BCUT2D eigenvalue weighted by Crippen LogP contribution is -2.53. The van der Waals surface area contributed by atoms with Gasteiger partial charge in [0.05, 0.1) is 28.2 Å². The third-order valence-electron chi connectivity index (χ3n) is 11.0. The molecule has 1 saturated carbocycles. The summed E-state index contributed by atoms with van der Waals surface area (Å²) in [5.41, 5.74) is 1.55. The highest BCUT2D eigenvalue weighted by Crippen LogP contribution is 2.66. The molecule has 3 aliphatic rings. The Hall–Kier alpha value is -4.30. The highest BCUT2D eigenvalue weighted by Gasteiger charge is 2.76. The van der Waals surface area contributed by atoms with Gasteiger partial charge in [-0.3, -0.25) is 4.79 Å². The van der Waals surface area contributed by atoms with E-state index in [1.54, 1.807) is 4.90 Å². The van der Waals surface area contributed by atoms with E-state index in [1.165, 1.54) is 0 Å². The van der Waals surface area contributed by atoms with Crippen LogP contribution in [0.5, 0.6) is 0 Å². The maximum atomic E-state index is 14.3. The van der Waals surface area contributed by atoms with Crippen LogP contribution in [0.15, 0.2) is 78.9 Å². The second kappa shape index (κ2) is 11.2. The zero-order valence-corrected chi connectivity index (χ0v) is 26.9. The maximum absolute atomic E-state index is 14.3. The number of fused-ring (bicyclic) bond motifs is 3. The Morgan fingerprint density at radius 1 is 0.978 bits per heavy atom. The first kappa shape index (κ1) is 30.4. The molecule has 1 N–H and O–H groups in total. The van der Waals surface area contributed by atoms with Crippen LogP contribution in [0.2, 0.25) is 5.02 Å². The van der Waals surface area contributed by atoms with Gasteiger partial charge >= 0.3 is 18.0 Å². The molecule has 4 atom stereocenters. The third kappa shape index (κ3) is 4.60. The van der Waals surface area contributed by atoms with E-state index in [9.17, 15) is 14.4 Å². The van der Waals surface area contributed by atoms with Crippen molar-refractivity contribution in [1.82, 2.24) is 9.88 Å². The predicted octanol–water partition coefficient (Wildman–Crippen LogP) is 7.65. The van der Waals surface area contributed by atoms with Gasteiger partial charge in [-0.2, -0.15) is 0 Å². The average molecular weight is 641 g/mol. The van der Waals surface area contributed by atoms with E-state index in [0.717, 1.165) is 33.3 Å². The Labute approximate surface area is 273 Å². The second-order valence-electron chi connectivity index (χ2n) is 13.4. The van der Waals surface area contributed by atoms with Crippen LogP contribution in [0.3, 0.4) is 0 Å². The van der Waals surface area contributed by atoms with Crippen LogP contribution < -0.4 is 0 Å². The number of halogens is 1. The van der Waals surface area contributed by atoms with E-state index in [-0.39, 0.29) is 25.0 Å². The number of hydrogen-bond acceptors (Lipinski definition) is 6. The minimum atomic E-state index is -1.40. The zero-order chi connectivity index (χ0) is 32.3. The minimum Gasteiger partial charge on any atom is -0.457 e. The lowest BCUT2D eigenvalue weighted by molar-refractivity contribution is -0.189. The lowest BCUT2D eigenvalue weighted by atomic mass is 9.66. The Bertz CT molecular complexity index is 1820. The van der Waals surface area contributed by atoms with E-state index in [0.29, 0.717) is 30.8 Å². The molecule has 2 aliphatic heterocycles. The van der Waals surface area contributed by atoms with Gasteiger partial charge in [-0.05, 0) is 48.9 Å². The molecule has 46 heavy (non-hydrogen) atoms. The Kier molecular flexibility index (Phi) is 7.39. The summed E-state index contributed by atoms with van der Waals surface area (Å²) in [6, 6.07) is 25.2. The molecular formula is C37H37ClN2O6. The first-order valence-corrected chi connectivity index (χ1v) is 16.2. The van der Waals surface area contributed by atoms with Gasteiger partial charge in [-0.15, -0.1) is 0 Å². The average Bonchev–Trinajstić information content (AvgIpc) is 3.60. The van der Waals surface area contributed by atoms with Crippen molar-refractivity contribution >= 4 is 40.5 Å². The van der Waals surface area contributed by atoms with Crippen molar-refractivity contribution in [1.29, 1.82) is 0 Å². The van der Waals surface area contributed by atoms with Crippen molar-refractivity contribution in [2.75, 3.05) is 13.1 Å². The molecule has 4 aromatic rings. The first-order valence-electron chi connectivity index (χ1n) is 15.8. The smallest absolute Gasteiger partial charge is 0.410 e. The summed E-state index contributed by atoms with van der Waals surface area (Å²) >= 11 is 6.69. The fourth-order valence-corrected chi connectivity index (χ4v) is 7.92. The molecule has 3 heterocycles. The first-order chi connectivity index (χ1) is 22.1. The van der Waals surface area contributed by atoms with E-state index in [2.05, 4.69) is 4.98 Å². The summed E-state index contributed by atoms with van der Waals surface area (Å²) in [6.07, 6.45) is 0.208. The molecular weight excluding hydrogens is 604 g/mol. The monoisotopic (exact) mass is 640 g/mol. The number of carbonyl (C=O) groups excluding carboxylic acids is 3. The standard InChI is InChI=1S/C37H37ClN2O6/c1-35(2)36(3)18-19-37(35,46-32(36)41)33(42)45-28-21-40(34(43)44-22-23-11-6-4-7-12-23)20-17-25(28)29-26-15-10-16-27(38)31(26)39-30(29)24-13-8-5-9-14-24/h4-16,25,28,39H,17-22H2,1-3H3/t25-,28-,36+,37-/m0/s1. The highest BCUT2D eigenvalue weighted by molar-refractivity contribution is 6.35. The Balaban J connectivity index is 1.26. The molecule has 1 aliphatic carbocycles. The SMILES string of the molecule is CC1(C)[C@@]2(C(=O)O[C@H]3CN(C(=O)OCc4ccccc4)CC[C@@H]3c3c(-c4ccccc4)[nH]c4c(Cl)cccc34)CC[C@]1(C)C(=O)O2. The van der Waals surface area contributed by atoms with Gasteiger partial charge in [0.15, 0.2) is 0 Å². The quantitative estimate of drug-likeness (QED) is 0.172.